The first-order chi connectivity index (χ1) is 19.2. The standard InChI is InChI=1S/C34H37N3O2/c38-33(31-20-11-10-19-30(31)29-17-8-3-9-18-29)37-32(34(39)36-26-23-28-15-6-2-7-16-28)21-12-24-35-25-22-27-13-4-1-5-14-27/h1-11,13-20,32,35H,12,21-26H2,(H,36,39)(H,37,38)/t32-/m0/s1. The van der Waals surface area contributed by atoms with Gasteiger partial charge in [-0.1, -0.05) is 109 Å². The van der Waals surface area contributed by atoms with Gasteiger partial charge in [0, 0.05) is 12.1 Å². The first-order valence-corrected chi connectivity index (χ1v) is 13.7. The predicted octanol–water partition coefficient (Wildman–Crippen LogP) is 5.42. The van der Waals surface area contributed by atoms with Crippen molar-refractivity contribution in [1.82, 2.24) is 16.0 Å². The number of amides is 2. The lowest BCUT2D eigenvalue weighted by atomic mass is 9.98. The van der Waals surface area contributed by atoms with Crippen molar-refractivity contribution < 1.29 is 9.59 Å². The monoisotopic (exact) mass is 519 g/mol. The van der Waals surface area contributed by atoms with E-state index in [0.29, 0.717) is 18.5 Å². The van der Waals surface area contributed by atoms with Crippen LogP contribution < -0.4 is 16.0 Å². The minimum Gasteiger partial charge on any atom is -0.354 e. The molecule has 2 amide bonds. The molecule has 0 saturated heterocycles. The molecular weight excluding hydrogens is 482 g/mol. The molecule has 0 aromatic heterocycles. The van der Waals surface area contributed by atoms with Gasteiger partial charge in [-0.15, -0.1) is 0 Å². The fraction of sp³-hybridized carbons (Fsp3) is 0.235. The van der Waals surface area contributed by atoms with Crippen LogP contribution in [0.25, 0.3) is 11.1 Å². The number of rotatable bonds is 14. The summed E-state index contributed by atoms with van der Waals surface area (Å²) in [4.78, 5) is 26.6. The van der Waals surface area contributed by atoms with Crippen LogP contribution in [-0.4, -0.2) is 37.5 Å². The summed E-state index contributed by atoms with van der Waals surface area (Å²) in [5.74, 6) is -0.393. The molecule has 4 rings (SSSR count). The van der Waals surface area contributed by atoms with Crippen LogP contribution in [-0.2, 0) is 17.6 Å². The number of hydrogen-bond acceptors (Lipinski definition) is 3. The molecule has 0 saturated carbocycles. The molecular formula is C34H37N3O2. The molecule has 4 aromatic carbocycles. The molecule has 0 bridgehead atoms. The Bertz CT molecular complexity index is 1290. The van der Waals surface area contributed by atoms with E-state index in [1.54, 1.807) is 0 Å². The Morgan fingerprint density at radius 2 is 1.18 bits per heavy atom. The maximum Gasteiger partial charge on any atom is 0.252 e. The van der Waals surface area contributed by atoms with E-state index in [-0.39, 0.29) is 11.8 Å². The number of hydrogen-bond donors (Lipinski definition) is 3. The highest BCUT2D eigenvalue weighted by atomic mass is 16.2. The Morgan fingerprint density at radius 3 is 1.85 bits per heavy atom. The topological polar surface area (TPSA) is 70.2 Å². The number of carbonyl (C=O) groups is 2. The van der Waals surface area contributed by atoms with Crippen LogP contribution in [0.5, 0.6) is 0 Å². The summed E-state index contributed by atoms with van der Waals surface area (Å²) in [5, 5.41) is 9.53. The number of carbonyl (C=O) groups excluding carboxylic acids is 2. The average Bonchev–Trinajstić information content (AvgIpc) is 2.99. The van der Waals surface area contributed by atoms with E-state index in [0.717, 1.165) is 49.0 Å². The molecule has 1 atom stereocenters. The van der Waals surface area contributed by atoms with Crippen LogP contribution in [0, 0.1) is 0 Å². The first-order valence-electron chi connectivity index (χ1n) is 13.7. The zero-order valence-corrected chi connectivity index (χ0v) is 22.3. The molecule has 0 aliphatic heterocycles. The predicted molar refractivity (Wildman–Crippen MR) is 159 cm³/mol. The third-order valence-corrected chi connectivity index (χ3v) is 6.71. The van der Waals surface area contributed by atoms with Gasteiger partial charge in [-0.2, -0.15) is 0 Å². The van der Waals surface area contributed by atoms with Gasteiger partial charge in [0.25, 0.3) is 5.91 Å². The Balaban J connectivity index is 1.36. The van der Waals surface area contributed by atoms with Crippen LogP contribution >= 0.6 is 0 Å². The highest BCUT2D eigenvalue weighted by Crippen LogP contribution is 2.23. The maximum atomic E-state index is 13.4. The van der Waals surface area contributed by atoms with Gasteiger partial charge in [-0.05, 0) is 67.1 Å². The number of benzene rings is 4. The van der Waals surface area contributed by atoms with Gasteiger partial charge < -0.3 is 16.0 Å². The third-order valence-electron chi connectivity index (χ3n) is 6.71. The lowest BCUT2D eigenvalue weighted by Crippen LogP contribution is -2.47. The van der Waals surface area contributed by atoms with E-state index >= 15 is 0 Å². The van der Waals surface area contributed by atoms with Gasteiger partial charge in [0.05, 0.1) is 0 Å². The average molecular weight is 520 g/mol. The van der Waals surface area contributed by atoms with Gasteiger partial charge in [0.15, 0.2) is 0 Å². The van der Waals surface area contributed by atoms with Crippen molar-refractivity contribution in [3.05, 3.63) is 132 Å². The summed E-state index contributed by atoms with van der Waals surface area (Å²) in [6.45, 7) is 2.16. The zero-order valence-electron chi connectivity index (χ0n) is 22.3. The molecule has 0 heterocycles. The second-order valence-corrected chi connectivity index (χ2v) is 9.59. The molecule has 5 nitrogen and oxygen atoms in total. The second kappa shape index (κ2) is 15.3. The summed E-state index contributed by atoms with van der Waals surface area (Å²) in [7, 11) is 0. The van der Waals surface area contributed by atoms with E-state index in [1.165, 1.54) is 5.56 Å². The zero-order chi connectivity index (χ0) is 27.1. The minimum atomic E-state index is -0.618. The van der Waals surface area contributed by atoms with E-state index in [9.17, 15) is 9.59 Å². The van der Waals surface area contributed by atoms with E-state index in [4.69, 9.17) is 0 Å². The fourth-order valence-electron chi connectivity index (χ4n) is 4.59. The Morgan fingerprint density at radius 1 is 0.615 bits per heavy atom. The first kappa shape index (κ1) is 27.8. The molecule has 3 N–H and O–H groups in total. The van der Waals surface area contributed by atoms with Gasteiger partial charge >= 0.3 is 0 Å². The van der Waals surface area contributed by atoms with Crippen LogP contribution in [0.2, 0.25) is 0 Å². The number of nitrogens with one attached hydrogen (secondary N) is 3. The van der Waals surface area contributed by atoms with Crippen molar-refractivity contribution in [2.45, 2.75) is 31.7 Å². The smallest absolute Gasteiger partial charge is 0.252 e. The molecule has 0 spiro atoms. The van der Waals surface area contributed by atoms with Crippen molar-refractivity contribution in [3.63, 3.8) is 0 Å². The Labute approximate surface area is 231 Å². The van der Waals surface area contributed by atoms with Crippen molar-refractivity contribution in [2.75, 3.05) is 19.6 Å². The summed E-state index contributed by atoms with van der Waals surface area (Å²) in [5.41, 5.74) is 4.84. The van der Waals surface area contributed by atoms with E-state index in [2.05, 4.69) is 40.2 Å². The summed E-state index contributed by atoms with van der Waals surface area (Å²) in [6, 6.07) is 37.2. The molecule has 5 heteroatoms. The van der Waals surface area contributed by atoms with Crippen molar-refractivity contribution in [3.8, 4) is 11.1 Å². The Kier molecular flexibility index (Phi) is 10.9. The molecule has 4 aromatic rings. The van der Waals surface area contributed by atoms with Crippen LogP contribution in [0.1, 0.15) is 34.3 Å². The van der Waals surface area contributed by atoms with E-state index < -0.39 is 6.04 Å². The molecule has 200 valence electrons. The summed E-state index contributed by atoms with van der Waals surface area (Å²) < 4.78 is 0. The van der Waals surface area contributed by atoms with Crippen molar-refractivity contribution in [2.24, 2.45) is 0 Å². The lowest BCUT2D eigenvalue weighted by Gasteiger charge is -2.20. The highest BCUT2D eigenvalue weighted by molar-refractivity contribution is 6.02. The molecule has 0 unspecified atom stereocenters. The minimum absolute atomic E-state index is 0.152. The Hall–Kier alpha value is -4.22. The highest BCUT2D eigenvalue weighted by Gasteiger charge is 2.22. The van der Waals surface area contributed by atoms with E-state index in [1.807, 2.05) is 91.0 Å². The van der Waals surface area contributed by atoms with Gasteiger partial charge in [0.2, 0.25) is 5.91 Å². The van der Waals surface area contributed by atoms with Gasteiger partial charge in [-0.25, -0.2) is 0 Å². The molecule has 39 heavy (non-hydrogen) atoms. The van der Waals surface area contributed by atoms with Gasteiger partial charge in [0.1, 0.15) is 6.04 Å². The molecule has 0 aliphatic rings. The molecule has 0 fully saturated rings. The van der Waals surface area contributed by atoms with Crippen molar-refractivity contribution in [1.29, 1.82) is 0 Å². The lowest BCUT2D eigenvalue weighted by molar-refractivity contribution is -0.123. The van der Waals surface area contributed by atoms with Crippen molar-refractivity contribution >= 4 is 11.8 Å². The third kappa shape index (κ3) is 8.94. The van der Waals surface area contributed by atoms with Crippen LogP contribution in [0.15, 0.2) is 115 Å². The maximum absolute atomic E-state index is 13.4. The molecule has 0 radical (unpaired) electrons. The largest absolute Gasteiger partial charge is 0.354 e. The van der Waals surface area contributed by atoms with Crippen LogP contribution in [0.4, 0.5) is 0 Å². The second-order valence-electron chi connectivity index (χ2n) is 9.59. The summed E-state index contributed by atoms with van der Waals surface area (Å²) >= 11 is 0. The van der Waals surface area contributed by atoms with Crippen LogP contribution in [0.3, 0.4) is 0 Å². The normalized spacial score (nSPS) is 11.5. The molecule has 0 aliphatic carbocycles. The quantitative estimate of drug-likeness (QED) is 0.195. The van der Waals surface area contributed by atoms with Gasteiger partial charge in [-0.3, -0.25) is 9.59 Å². The summed E-state index contributed by atoms with van der Waals surface area (Å²) in [6.07, 6.45) is 3.02. The fourth-order valence-corrected chi connectivity index (χ4v) is 4.59. The SMILES string of the molecule is O=C(N[C@@H](CCCNCCc1ccccc1)C(=O)NCCc1ccccc1)c1ccccc1-c1ccccc1.